The third-order valence-corrected chi connectivity index (χ3v) is 6.87. The van der Waals surface area contributed by atoms with Crippen molar-refractivity contribution in [3.8, 4) is 11.5 Å². The minimum atomic E-state index is -0.0610. The first-order valence-corrected chi connectivity index (χ1v) is 12.2. The standard InChI is InChI=1S/C26H29N7O3/c1-34-14-13-33-26(28-29-30-33)25(21-5-6-22-20(16-21)3-2-8-27-22)32-11-9-31(10-12-32)17-19-4-7-23-24(15-19)36-18-35-23/h2-8,15-16,25H,9-14,17-18H2,1H3/t25-/m0/s1. The Morgan fingerprint density at radius 3 is 2.78 bits per heavy atom. The summed E-state index contributed by atoms with van der Waals surface area (Å²) in [5.41, 5.74) is 3.37. The molecule has 10 nitrogen and oxygen atoms in total. The lowest BCUT2D eigenvalue weighted by Gasteiger charge is -2.39. The van der Waals surface area contributed by atoms with E-state index >= 15 is 0 Å². The Morgan fingerprint density at radius 1 is 1.00 bits per heavy atom. The molecule has 2 aliphatic heterocycles. The minimum absolute atomic E-state index is 0.0610. The van der Waals surface area contributed by atoms with E-state index in [2.05, 4.69) is 66.7 Å². The number of methoxy groups -OCH3 is 1. The highest BCUT2D eigenvalue weighted by molar-refractivity contribution is 5.79. The van der Waals surface area contributed by atoms with Gasteiger partial charge in [-0.1, -0.05) is 18.2 Å². The van der Waals surface area contributed by atoms with E-state index in [1.54, 1.807) is 7.11 Å². The predicted octanol–water partition coefficient (Wildman–Crippen LogP) is 2.50. The molecule has 4 heterocycles. The zero-order valence-electron chi connectivity index (χ0n) is 20.3. The number of benzene rings is 2. The van der Waals surface area contributed by atoms with Crippen LogP contribution in [0.2, 0.25) is 0 Å². The Balaban J connectivity index is 1.23. The number of nitrogens with zero attached hydrogens (tertiary/aromatic N) is 7. The fourth-order valence-corrected chi connectivity index (χ4v) is 5.01. The van der Waals surface area contributed by atoms with Crippen LogP contribution in [-0.2, 0) is 17.8 Å². The maximum Gasteiger partial charge on any atom is 0.231 e. The molecule has 186 valence electrons. The van der Waals surface area contributed by atoms with Crippen LogP contribution < -0.4 is 9.47 Å². The first-order valence-electron chi connectivity index (χ1n) is 12.2. The van der Waals surface area contributed by atoms with E-state index in [1.807, 2.05) is 23.0 Å². The van der Waals surface area contributed by atoms with Crippen LogP contribution in [0.25, 0.3) is 10.9 Å². The average Bonchev–Trinajstić information content (AvgIpc) is 3.58. The van der Waals surface area contributed by atoms with E-state index in [9.17, 15) is 0 Å². The van der Waals surface area contributed by atoms with Crippen LogP contribution in [-0.4, -0.2) is 81.7 Å². The van der Waals surface area contributed by atoms with Crippen molar-refractivity contribution >= 4 is 10.9 Å². The molecule has 2 aliphatic rings. The summed E-state index contributed by atoms with van der Waals surface area (Å²) in [7, 11) is 1.69. The second-order valence-electron chi connectivity index (χ2n) is 9.11. The number of ether oxygens (including phenoxy) is 3. The summed E-state index contributed by atoms with van der Waals surface area (Å²) in [6.45, 7) is 6.02. The highest BCUT2D eigenvalue weighted by Gasteiger charge is 2.31. The van der Waals surface area contributed by atoms with Crippen LogP contribution in [0.15, 0.2) is 54.7 Å². The summed E-state index contributed by atoms with van der Waals surface area (Å²) in [6.07, 6.45) is 1.82. The van der Waals surface area contributed by atoms with Crippen LogP contribution in [0.4, 0.5) is 0 Å². The van der Waals surface area contributed by atoms with Crippen molar-refractivity contribution in [3.05, 3.63) is 71.7 Å². The second kappa shape index (κ2) is 10.2. The van der Waals surface area contributed by atoms with E-state index < -0.39 is 0 Å². The number of aromatic nitrogens is 5. The van der Waals surface area contributed by atoms with E-state index in [0.29, 0.717) is 19.9 Å². The maximum absolute atomic E-state index is 5.55. The molecule has 1 atom stereocenters. The number of hydrogen-bond donors (Lipinski definition) is 0. The smallest absolute Gasteiger partial charge is 0.231 e. The van der Waals surface area contributed by atoms with Crippen molar-refractivity contribution in [1.82, 2.24) is 35.0 Å². The SMILES string of the molecule is COCCn1nnnc1[C@H](c1ccc2ncccc2c1)N1CCN(Cc2ccc3c(c2)OCO3)CC1. The Morgan fingerprint density at radius 2 is 1.89 bits per heavy atom. The van der Waals surface area contributed by atoms with E-state index in [-0.39, 0.29) is 6.04 Å². The van der Waals surface area contributed by atoms with Gasteiger partial charge in [-0.05, 0) is 51.9 Å². The van der Waals surface area contributed by atoms with Gasteiger partial charge in [0, 0.05) is 51.4 Å². The summed E-state index contributed by atoms with van der Waals surface area (Å²) < 4.78 is 18.2. The number of hydrogen-bond acceptors (Lipinski definition) is 9. The summed E-state index contributed by atoms with van der Waals surface area (Å²) in [5, 5.41) is 13.9. The maximum atomic E-state index is 5.55. The van der Waals surface area contributed by atoms with Crippen molar-refractivity contribution in [2.24, 2.45) is 0 Å². The third kappa shape index (κ3) is 4.62. The topological polar surface area (TPSA) is 90.7 Å². The van der Waals surface area contributed by atoms with Crippen LogP contribution in [0.1, 0.15) is 23.0 Å². The van der Waals surface area contributed by atoms with Gasteiger partial charge in [-0.25, -0.2) is 4.68 Å². The third-order valence-electron chi connectivity index (χ3n) is 6.87. The van der Waals surface area contributed by atoms with Gasteiger partial charge in [0.05, 0.1) is 24.7 Å². The molecule has 0 aliphatic carbocycles. The zero-order valence-corrected chi connectivity index (χ0v) is 20.3. The molecule has 2 aromatic carbocycles. The molecule has 0 unspecified atom stereocenters. The van der Waals surface area contributed by atoms with Gasteiger partial charge in [0.1, 0.15) is 0 Å². The minimum Gasteiger partial charge on any atom is -0.454 e. The largest absolute Gasteiger partial charge is 0.454 e. The van der Waals surface area contributed by atoms with Gasteiger partial charge >= 0.3 is 0 Å². The summed E-state index contributed by atoms with van der Waals surface area (Å²) in [5.74, 6) is 2.49. The second-order valence-corrected chi connectivity index (χ2v) is 9.11. The molecule has 10 heteroatoms. The normalized spacial score (nSPS) is 17.0. The van der Waals surface area contributed by atoms with Crippen LogP contribution in [0, 0.1) is 0 Å². The summed E-state index contributed by atoms with van der Waals surface area (Å²) >= 11 is 0. The van der Waals surface area contributed by atoms with Gasteiger partial charge in [0.2, 0.25) is 6.79 Å². The summed E-state index contributed by atoms with van der Waals surface area (Å²) in [4.78, 5) is 9.44. The van der Waals surface area contributed by atoms with Gasteiger partial charge in [0.25, 0.3) is 0 Å². The number of rotatable bonds is 8. The molecule has 0 saturated carbocycles. The molecule has 1 saturated heterocycles. The molecule has 0 N–H and O–H groups in total. The molecule has 6 rings (SSSR count). The Bertz CT molecular complexity index is 1340. The van der Waals surface area contributed by atoms with Gasteiger partial charge < -0.3 is 14.2 Å². The number of pyridine rings is 1. The lowest BCUT2D eigenvalue weighted by molar-refractivity contribution is 0.0988. The molecule has 36 heavy (non-hydrogen) atoms. The van der Waals surface area contributed by atoms with Gasteiger partial charge in [-0.3, -0.25) is 14.8 Å². The van der Waals surface area contributed by atoms with Gasteiger partial charge in [-0.15, -0.1) is 5.10 Å². The fourth-order valence-electron chi connectivity index (χ4n) is 5.01. The first-order chi connectivity index (χ1) is 17.8. The van der Waals surface area contributed by atoms with Crippen molar-refractivity contribution < 1.29 is 14.2 Å². The number of tetrazole rings is 1. The molecule has 4 aromatic rings. The Kier molecular flexibility index (Phi) is 6.46. The summed E-state index contributed by atoms with van der Waals surface area (Å²) in [6, 6.07) is 16.7. The van der Waals surface area contributed by atoms with Crippen LogP contribution in [0.3, 0.4) is 0 Å². The van der Waals surface area contributed by atoms with Crippen molar-refractivity contribution in [2.45, 2.75) is 19.1 Å². The molecular formula is C26H29N7O3. The molecule has 1 fully saturated rings. The van der Waals surface area contributed by atoms with Crippen molar-refractivity contribution in [3.63, 3.8) is 0 Å². The van der Waals surface area contributed by atoms with Crippen LogP contribution in [0.5, 0.6) is 11.5 Å². The monoisotopic (exact) mass is 487 g/mol. The predicted molar refractivity (Wildman–Crippen MR) is 133 cm³/mol. The van der Waals surface area contributed by atoms with E-state index in [1.165, 1.54) is 5.56 Å². The van der Waals surface area contributed by atoms with Crippen molar-refractivity contribution in [1.29, 1.82) is 0 Å². The molecule has 2 aromatic heterocycles. The number of piperazine rings is 1. The molecule has 0 amide bonds. The quantitative estimate of drug-likeness (QED) is 0.372. The lowest BCUT2D eigenvalue weighted by atomic mass is 10.0. The molecule has 0 bridgehead atoms. The highest BCUT2D eigenvalue weighted by atomic mass is 16.7. The average molecular weight is 488 g/mol. The lowest BCUT2D eigenvalue weighted by Crippen LogP contribution is -2.48. The Hall–Kier alpha value is -3.60. The zero-order chi connectivity index (χ0) is 24.3. The van der Waals surface area contributed by atoms with Gasteiger partial charge in [-0.2, -0.15) is 0 Å². The number of fused-ring (bicyclic) bond motifs is 2. The van der Waals surface area contributed by atoms with Gasteiger partial charge in [0.15, 0.2) is 17.3 Å². The molecular weight excluding hydrogens is 458 g/mol. The Labute approximate surface area is 209 Å². The molecule has 0 radical (unpaired) electrons. The molecule has 0 spiro atoms. The van der Waals surface area contributed by atoms with Crippen LogP contribution >= 0.6 is 0 Å². The van der Waals surface area contributed by atoms with Crippen molar-refractivity contribution in [2.75, 3.05) is 46.7 Å². The fraction of sp³-hybridized carbons (Fsp3) is 0.385. The van der Waals surface area contributed by atoms with E-state index in [4.69, 9.17) is 14.2 Å². The first kappa shape index (κ1) is 22.8. The van der Waals surface area contributed by atoms with E-state index in [0.717, 1.165) is 66.5 Å². The highest BCUT2D eigenvalue weighted by Crippen LogP contribution is 2.33.